The first-order chi connectivity index (χ1) is 10.5. The minimum Gasteiger partial charge on any atom is -0.496 e. The number of hydrogen-bond donors (Lipinski definition) is 1. The summed E-state index contributed by atoms with van der Waals surface area (Å²) in [6, 6.07) is 12.2. The molecular weight excluding hydrogens is 306 g/mol. The average molecular weight is 324 g/mol. The van der Waals surface area contributed by atoms with E-state index in [1.165, 1.54) is 31.0 Å². The standard InChI is InChI=1S/C16H18F2N2OS/c1-20(19)13-6-4-3-5-12(13)10-22-15-9-11(16(17)18)7-8-14(15)21-2/h3-9,16H,10,19H2,1-2H3. The maximum absolute atomic E-state index is 12.8. The van der Waals surface area contributed by atoms with Crippen LogP contribution in [0.1, 0.15) is 17.6 Å². The van der Waals surface area contributed by atoms with E-state index in [4.69, 9.17) is 10.6 Å². The lowest BCUT2D eigenvalue weighted by molar-refractivity contribution is 0.151. The van der Waals surface area contributed by atoms with Crippen LogP contribution in [0.25, 0.3) is 0 Å². The first kappa shape index (κ1) is 16.6. The molecule has 6 heteroatoms. The van der Waals surface area contributed by atoms with Crippen LogP contribution in [0, 0.1) is 0 Å². The monoisotopic (exact) mass is 324 g/mol. The van der Waals surface area contributed by atoms with E-state index in [1.807, 2.05) is 24.3 Å². The summed E-state index contributed by atoms with van der Waals surface area (Å²) < 4.78 is 30.9. The van der Waals surface area contributed by atoms with Gasteiger partial charge in [0.15, 0.2) is 0 Å². The van der Waals surface area contributed by atoms with E-state index in [0.29, 0.717) is 16.4 Å². The Morgan fingerprint density at radius 3 is 2.59 bits per heavy atom. The van der Waals surface area contributed by atoms with Gasteiger partial charge in [-0.2, -0.15) is 0 Å². The third kappa shape index (κ3) is 3.90. The van der Waals surface area contributed by atoms with Crippen LogP contribution in [0.5, 0.6) is 5.75 Å². The fraction of sp³-hybridized carbons (Fsp3) is 0.250. The molecule has 0 aliphatic rings. The van der Waals surface area contributed by atoms with Crippen molar-refractivity contribution in [3.05, 3.63) is 53.6 Å². The zero-order valence-corrected chi connectivity index (χ0v) is 13.2. The number of benzene rings is 2. The molecule has 0 bridgehead atoms. The summed E-state index contributed by atoms with van der Waals surface area (Å²) in [5.41, 5.74) is 1.92. The normalized spacial score (nSPS) is 10.8. The van der Waals surface area contributed by atoms with Crippen LogP contribution in [0.3, 0.4) is 0 Å². The van der Waals surface area contributed by atoms with E-state index in [0.717, 1.165) is 11.3 Å². The first-order valence-corrected chi connectivity index (χ1v) is 7.66. The number of halogens is 2. The number of alkyl halides is 2. The highest BCUT2D eigenvalue weighted by atomic mass is 32.2. The molecule has 0 aliphatic heterocycles. The molecule has 2 rings (SSSR count). The van der Waals surface area contributed by atoms with Crippen LogP contribution in [-0.4, -0.2) is 14.2 Å². The fourth-order valence-corrected chi connectivity index (χ4v) is 3.14. The molecule has 0 radical (unpaired) electrons. The van der Waals surface area contributed by atoms with Crippen molar-refractivity contribution in [1.82, 2.24) is 0 Å². The quantitative estimate of drug-likeness (QED) is 0.490. The Bertz CT molecular complexity index is 635. The van der Waals surface area contributed by atoms with E-state index >= 15 is 0 Å². The zero-order chi connectivity index (χ0) is 16.1. The van der Waals surface area contributed by atoms with E-state index in [9.17, 15) is 8.78 Å². The van der Waals surface area contributed by atoms with Gasteiger partial charge in [0.05, 0.1) is 17.7 Å². The predicted molar refractivity (Wildman–Crippen MR) is 86.5 cm³/mol. The number of rotatable bonds is 6. The van der Waals surface area contributed by atoms with Gasteiger partial charge >= 0.3 is 0 Å². The lowest BCUT2D eigenvalue weighted by atomic mass is 10.2. The van der Waals surface area contributed by atoms with Gasteiger partial charge in [-0.05, 0) is 29.8 Å². The molecule has 2 aromatic carbocycles. The second-order valence-corrected chi connectivity index (χ2v) is 5.76. The molecule has 0 heterocycles. The number of methoxy groups -OCH3 is 1. The Morgan fingerprint density at radius 2 is 1.95 bits per heavy atom. The summed E-state index contributed by atoms with van der Waals surface area (Å²) in [4.78, 5) is 0.690. The molecule has 0 aliphatic carbocycles. The van der Waals surface area contributed by atoms with Gasteiger partial charge < -0.3 is 9.75 Å². The lowest BCUT2D eigenvalue weighted by Crippen LogP contribution is -2.26. The van der Waals surface area contributed by atoms with E-state index < -0.39 is 6.43 Å². The highest BCUT2D eigenvalue weighted by Gasteiger charge is 2.13. The number of hydrazine groups is 1. The van der Waals surface area contributed by atoms with Crippen molar-refractivity contribution in [1.29, 1.82) is 0 Å². The van der Waals surface area contributed by atoms with Gasteiger partial charge in [-0.1, -0.05) is 18.2 Å². The largest absolute Gasteiger partial charge is 0.496 e. The van der Waals surface area contributed by atoms with Gasteiger partial charge in [0.25, 0.3) is 6.43 Å². The van der Waals surface area contributed by atoms with Crippen LogP contribution in [0.15, 0.2) is 47.4 Å². The van der Waals surface area contributed by atoms with E-state index in [2.05, 4.69) is 0 Å². The molecule has 0 atom stereocenters. The van der Waals surface area contributed by atoms with Crippen molar-refractivity contribution in [2.24, 2.45) is 5.84 Å². The van der Waals surface area contributed by atoms with Crippen LogP contribution < -0.4 is 15.6 Å². The van der Waals surface area contributed by atoms with Gasteiger partial charge in [0.2, 0.25) is 0 Å². The molecule has 2 aromatic rings. The van der Waals surface area contributed by atoms with Crippen molar-refractivity contribution in [3.8, 4) is 5.75 Å². The Hall–Kier alpha value is -1.79. The lowest BCUT2D eigenvalue weighted by Gasteiger charge is -2.17. The van der Waals surface area contributed by atoms with Crippen LogP contribution in [-0.2, 0) is 5.75 Å². The summed E-state index contributed by atoms with van der Waals surface area (Å²) >= 11 is 1.45. The molecule has 0 unspecified atom stereocenters. The van der Waals surface area contributed by atoms with Crippen LogP contribution in [0.2, 0.25) is 0 Å². The first-order valence-electron chi connectivity index (χ1n) is 6.68. The van der Waals surface area contributed by atoms with Crippen molar-refractivity contribution in [3.63, 3.8) is 0 Å². The van der Waals surface area contributed by atoms with Gasteiger partial charge in [-0.25, -0.2) is 14.6 Å². The molecule has 118 valence electrons. The van der Waals surface area contributed by atoms with Crippen LogP contribution in [0.4, 0.5) is 14.5 Å². The molecule has 2 N–H and O–H groups in total. The highest BCUT2D eigenvalue weighted by Crippen LogP contribution is 2.36. The molecule has 0 aromatic heterocycles. The van der Waals surface area contributed by atoms with Gasteiger partial charge in [0, 0.05) is 18.4 Å². The summed E-state index contributed by atoms with van der Waals surface area (Å²) in [6.07, 6.45) is -2.49. The smallest absolute Gasteiger partial charge is 0.263 e. The maximum Gasteiger partial charge on any atom is 0.263 e. The van der Waals surface area contributed by atoms with Crippen molar-refractivity contribution < 1.29 is 13.5 Å². The third-order valence-corrected chi connectivity index (χ3v) is 4.28. The summed E-state index contributed by atoms with van der Waals surface area (Å²) in [6.45, 7) is 0. The second kappa shape index (κ2) is 7.47. The molecule has 0 saturated carbocycles. The number of para-hydroxylation sites is 1. The molecular formula is C16H18F2N2OS. The SMILES string of the molecule is COc1ccc(C(F)F)cc1SCc1ccccc1N(C)N. The Labute approximate surface area is 133 Å². The average Bonchev–Trinajstić information content (AvgIpc) is 2.52. The van der Waals surface area contributed by atoms with E-state index in [-0.39, 0.29) is 5.56 Å². The Morgan fingerprint density at radius 1 is 1.23 bits per heavy atom. The zero-order valence-electron chi connectivity index (χ0n) is 12.4. The Kier molecular flexibility index (Phi) is 5.63. The second-order valence-electron chi connectivity index (χ2n) is 4.74. The topological polar surface area (TPSA) is 38.5 Å². The number of anilines is 1. The third-order valence-electron chi connectivity index (χ3n) is 3.19. The van der Waals surface area contributed by atoms with E-state index in [1.54, 1.807) is 18.1 Å². The molecule has 22 heavy (non-hydrogen) atoms. The Balaban J connectivity index is 2.22. The molecule has 3 nitrogen and oxygen atoms in total. The number of ether oxygens (including phenoxy) is 1. The minimum absolute atomic E-state index is 0.00692. The number of thioether (sulfide) groups is 1. The number of nitrogens with two attached hydrogens (primary N) is 1. The maximum atomic E-state index is 12.8. The van der Waals surface area contributed by atoms with Gasteiger partial charge in [0.1, 0.15) is 5.75 Å². The fourth-order valence-electron chi connectivity index (χ4n) is 2.07. The minimum atomic E-state index is -2.49. The van der Waals surface area contributed by atoms with Gasteiger partial charge in [-0.15, -0.1) is 11.8 Å². The molecule has 0 amide bonds. The number of hydrogen-bond acceptors (Lipinski definition) is 4. The summed E-state index contributed by atoms with van der Waals surface area (Å²) in [5, 5.41) is 1.54. The summed E-state index contributed by atoms with van der Waals surface area (Å²) in [7, 11) is 3.30. The molecule has 0 fully saturated rings. The molecule has 0 spiro atoms. The van der Waals surface area contributed by atoms with Crippen molar-refractivity contribution in [2.75, 3.05) is 19.2 Å². The summed E-state index contributed by atoms with van der Waals surface area (Å²) in [5.74, 6) is 7.01. The van der Waals surface area contributed by atoms with Crippen molar-refractivity contribution >= 4 is 17.4 Å². The predicted octanol–water partition coefficient (Wildman–Crippen LogP) is 4.24. The van der Waals surface area contributed by atoms with Crippen LogP contribution >= 0.6 is 11.8 Å². The molecule has 0 saturated heterocycles. The van der Waals surface area contributed by atoms with Gasteiger partial charge in [-0.3, -0.25) is 0 Å². The highest BCUT2D eigenvalue weighted by molar-refractivity contribution is 7.98. The van der Waals surface area contributed by atoms with Crippen molar-refractivity contribution in [2.45, 2.75) is 17.1 Å². The number of nitrogens with zero attached hydrogens (tertiary/aromatic N) is 1.